The Morgan fingerprint density at radius 3 is 2.62 bits per heavy atom. The molecule has 1 aliphatic carbocycles. The average molecular weight is 484 g/mol. The molecule has 4 rings (SSSR count). The van der Waals surface area contributed by atoms with Gasteiger partial charge in [-0.3, -0.25) is 0 Å². The molecular weight excluding hydrogens is 460 g/mol. The Kier molecular flexibility index (Phi) is 7.27. The summed E-state index contributed by atoms with van der Waals surface area (Å²) in [5.41, 5.74) is 4.82. The van der Waals surface area contributed by atoms with Gasteiger partial charge in [0.25, 0.3) is 0 Å². The topological polar surface area (TPSA) is 48.4 Å². The van der Waals surface area contributed by atoms with Gasteiger partial charge in [-0.2, -0.15) is 0 Å². The van der Waals surface area contributed by atoms with Crippen LogP contribution in [0.1, 0.15) is 59.1 Å². The fourth-order valence-electron chi connectivity index (χ4n) is 4.08. The van der Waals surface area contributed by atoms with Crippen molar-refractivity contribution in [1.29, 1.82) is 0 Å². The van der Waals surface area contributed by atoms with Crippen molar-refractivity contribution >= 4 is 28.7 Å². The molecule has 1 heterocycles. The number of hydrogen-bond donors (Lipinski definition) is 0. The highest BCUT2D eigenvalue weighted by molar-refractivity contribution is 6.30. The zero-order valence-corrected chi connectivity index (χ0v) is 19.7. The highest BCUT2D eigenvalue weighted by atomic mass is 35.5. The Bertz CT molecular complexity index is 1270. The van der Waals surface area contributed by atoms with Crippen LogP contribution >= 0.6 is 11.6 Å². The Labute approximate surface area is 202 Å². The quantitative estimate of drug-likeness (QED) is 0.334. The third-order valence-corrected chi connectivity index (χ3v) is 5.99. The maximum absolute atomic E-state index is 14.1. The Balaban J connectivity index is 1.71. The van der Waals surface area contributed by atoms with Gasteiger partial charge >= 0.3 is 5.97 Å². The Hall–Kier alpha value is -3.25. The Morgan fingerprint density at radius 2 is 1.85 bits per heavy atom. The van der Waals surface area contributed by atoms with Crippen molar-refractivity contribution in [2.75, 3.05) is 6.61 Å². The molecule has 7 heteroatoms. The van der Waals surface area contributed by atoms with E-state index < -0.39 is 17.6 Å². The molecule has 0 radical (unpaired) electrons. The number of ether oxygens (including phenoxy) is 2. The molecule has 176 valence electrons. The third-order valence-electron chi connectivity index (χ3n) is 5.76. The van der Waals surface area contributed by atoms with Gasteiger partial charge in [0.2, 0.25) is 0 Å². The monoisotopic (exact) mass is 483 g/mol. The van der Waals surface area contributed by atoms with Crippen molar-refractivity contribution in [3.05, 3.63) is 93.3 Å². The van der Waals surface area contributed by atoms with E-state index in [0.29, 0.717) is 22.2 Å². The van der Waals surface area contributed by atoms with Gasteiger partial charge in [-0.05, 0) is 86.2 Å². The van der Waals surface area contributed by atoms with Crippen molar-refractivity contribution in [2.24, 2.45) is 0 Å². The molecule has 0 saturated heterocycles. The Morgan fingerprint density at radius 1 is 1.06 bits per heavy atom. The molecule has 0 bridgehead atoms. The van der Waals surface area contributed by atoms with E-state index in [-0.39, 0.29) is 18.8 Å². The van der Waals surface area contributed by atoms with Gasteiger partial charge in [-0.1, -0.05) is 17.7 Å². The minimum absolute atomic E-state index is 0.0564. The highest BCUT2D eigenvalue weighted by Gasteiger charge is 2.23. The number of rotatable bonds is 7. The standard InChI is InChI=1S/C27H24ClF2NO3/c1-3-33-27(32)26-16(2)7-11-24(31-26)21-6-4-5-20(21)22-13-18(28)9-12-25(22)34-15-17-8-10-19(29)14-23(17)30/h7-14H,3-6,15H2,1-2H3. The second-order valence-corrected chi connectivity index (χ2v) is 8.49. The second-order valence-electron chi connectivity index (χ2n) is 8.06. The van der Waals surface area contributed by atoms with Crippen LogP contribution in [0.2, 0.25) is 5.02 Å². The van der Waals surface area contributed by atoms with E-state index in [2.05, 4.69) is 4.98 Å². The first-order valence-electron chi connectivity index (χ1n) is 11.1. The van der Waals surface area contributed by atoms with E-state index in [0.717, 1.165) is 47.6 Å². The molecule has 34 heavy (non-hydrogen) atoms. The van der Waals surface area contributed by atoms with Crippen LogP contribution in [0.25, 0.3) is 11.1 Å². The molecule has 1 aliphatic rings. The predicted octanol–water partition coefficient (Wildman–Crippen LogP) is 7.17. The van der Waals surface area contributed by atoms with Crippen molar-refractivity contribution in [1.82, 2.24) is 4.98 Å². The number of esters is 1. The minimum atomic E-state index is -0.661. The molecule has 4 nitrogen and oxygen atoms in total. The molecule has 0 aliphatic heterocycles. The second kappa shape index (κ2) is 10.3. The summed E-state index contributed by atoms with van der Waals surface area (Å²) in [5, 5.41) is 0.540. The van der Waals surface area contributed by atoms with Gasteiger partial charge in [-0.25, -0.2) is 18.6 Å². The van der Waals surface area contributed by atoms with Gasteiger partial charge in [0.1, 0.15) is 24.0 Å². The molecule has 0 saturated carbocycles. The molecule has 2 aromatic carbocycles. The summed E-state index contributed by atoms with van der Waals surface area (Å²) < 4.78 is 38.4. The predicted molar refractivity (Wildman–Crippen MR) is 128 cm³/mol. The SMILES string of the molecule is CCOC(=O)c1nc(C2=C(c3cc(Cl)ccc3OCc3ccc(F)cc3F)CCC2)ccc1C. The molecule has 0 N–H and O–H groups in total. The number of pyridine rings is 1. The van der Waals surface area contributed by atoms with Crippen LogP contribution < -0.4 is 4.74 Å². The average Bonchev–Trinajstić information content (AvgIpc) is 3.29. The lowest BCUT2D eigenvalue weighted by atomic mass is 9.98. The minimum Gasteiger partial charge on any atom is -0.488 e. The molecule has 3 aromatic rings. The number of aromatic nitrogens is 1. The smallest absolute Gasteiger partial charge is 0.357 e. The van der Waals surface area contributed by atoms with E-state index in [1.54, 1.807) is 19.1 Å². The maximum atomic E-state index is 14.1. The van der Waals surface area contributed by atoms with Crippen LogP contribution in [0.5, 0.6) is 5.75 Å². The van der Waals surface area contributed by atoms with Crippen LogP contribution in [0.4, 0.5) is 8.78 Å². The summed E-state index contributed by atoms with van der Waals surface area (Å²) in [5.74, 6) is -1.20. The lowest BCUT2D eigenvalue weighted by Gasteiger charge is -2.16. The van der Waals surface area contributed by atoms with E-state index in [9.17, 15) is 13.6 Å². The van der Waals surface area contributed by atoms with Crippen LogP contribution in [0.3, 0.4) is 0 Å². The molecular formula is C27H24ClF2NO3. The molecule has 0 spiro atoms. The molecule has 0 amide bonds. The van der Waals surface area contributed by atoms with Gasteiger partial charge in [0, 0.05) is 22.2 Å². The normalized spacial score (nSPS) is 13.3. The lowest BCUT2D eigenvalue weighted by molar-refractivity contribution is 0.0518. The van der Waals surface area contributed by atoms with Crippen molar-refractivity contribution in [3.63, 3.8) is 0 Å². The third kappa shape index (κ3) is 5.12. The molecule has 0 fully saturated rings. The number of carbonyl (C=O) groups excluding carboxylic acids is 1. The van der Waals surface area contributed by atoms with Crippen molar-refractivity contribution in [2.45, 2.75) is 39.7 Å². The summed E-state index contributed by atoms with van der Waals surface area (Å²) in [6.07, 6.45) is 2.47. The lowest BCUT2D eigenvalue weighted by Crippen LogP contribution is -2.10. The summed E-state index contributed by atoms with van der Waals surface area (Å²) in [6.45, 7) is 3.80. The first-order valence-corrected chi connectivity index (χ1v) is 11.5. The summed E-state index contributed by atoms with van der Waals surface area (Å²) >= 11 is 6.31. The van der Waals surface area contributed by atoms with Gasteiger partial charge in [0.15, 0.2) is 5.69 Å². The van der Waals surface area contributed by atoms with Crippen molar-refractivity contribution < 1.29 is 23.0 Å². The number of hydrogen-bond acceptors (Lipinski definition) is 4. The first-order chi connectivity index (χ1) is 16.4. The number of aryl methyl sites for hydroxylation is 1. The van der Waals surface area contributed by atoms with E-state index in [1.807, 2.05) is 25.1 Å². The fraction of sp³-hybridized carbons (Fsp3) is 0.259. The molecule has 0 atom stereocenters. The van der Waals surface area contributed by atoms with Gasteiger partial charge < -0.3 is 9.47 Å². The van der Waals surface area contributed by atoms with Crippen LogP contribution in [0, 0.1) is 18.6 Å². The number of allylic oxidation sites excluding steroid dienone is 2. The zero-order chi connectivity index (χ0) is 24.2. The molecule has 0 unspecified atom stereocenters. The van der Waals surface area contributed by atoms with Gasteiger partial charge in [-0.15, -0.1) is 0 Å². The van der Waals surface area contributed by atoms with Crippen LogP contribution in [-0.4, -0.2) is 17.6 Å². The zero-order valence-electron chi connectivity index (χ0n) is 19.0. The maximum Gasteiger partial charge on any atom is 0.357 e. The van der Waals surface area contributed by atoms with E-state index >= 15 is 0 Å². The summed E-state index contributed by atoms with van der Waals surface area (Å²) in [6, 6.07) is 12.4. The van der Waals surface area contributed by atoms with Crippen LogP contribution in [0.15, 0.2) is 48.5 Å². The number of halogens is 3. The summed E-state index contributed by atoms with van der Waals surface area (Å²) in [7, 11) is 0. The first kappa shape index (κ1) is 23.9. The number of benzene rings is 2. The number of carbonyl (C=O) groups is 1. The van der Waals surface area contributed by atoms with Crippen molar-refractivity contribution in [3.8, 4) is 5.75 Å². The van der Waals surface area contributed by atoms with Gasteiger partial charge in [0.05, 0.1) is 12.3 Å². The van der Waals surface area contributed by atoms with Crippen LogP contribution in [-0.2, 0) is 11.3 Å². The molecule has 1 aromatic heterocycles. The largest absolute Gasteiger partial charge is 0.488 e. The fourth-order valence-corrected chi connectivity index (χ4v) is 4.26. The number of nitrogens with zero attached hydrogens (tertiary/aromatic N) is 1. The summed E-state index contributed by atoms with van der Waals surface area (Å²) in [4.78, 5) is 17.0. The van der Waals surface area contributed by atoms with E-state index in [4.69, 9.17) is 21.1 Å². The van der Waals surface area contributed by atoms with E-state index in [1.165, 1.54) is 12.1 Å². The highest BCUT2D eigenvalue weighted by Crippen LogP contribution is 2.43.